The van der Waals surface area contributed by atoms with E-state index in [1.807, 2.05) is 42.5 Å². The number of benzene rings is 1. The fourth-order valence-electron chi connectivity index (χ4n) is 3.81. The zero-order valence-electron chi connectivity index (χ0n) is 19.2. The molecule has 1 aromatic carbocycles. The molecule has 0 bridgehead atoms. The van der Waals surface area contributed by atoms with E-state index in [-0.39, 0.29) is 5.91 Å². The molecule has 0 spiro atoms. The summed E-state index contributed by atoms with van der Waals surface area (Å²) in [5.41, 5.74) is 1.69. The number of carbonyl (C=O) groups excluding carboxylic acids is 1. The number of aliphatic hydroxyl groups excluding tert-OH is 1. The van der Waals surface area contributed by atoms with E-state index < -0.39 is 6.10 Å². The number of nitrogens with zero attached hydrogens (tertiary/aromatic N) is 3. The van der Waals surface area contributed by atoms with Gasteiger partial charge in [-0.05, 0) is 36.6 Å². The van der Waals surface area contributed by atoms with Crippen LogP contribution in [0, 0.1) is 5.92 Å². The van der Waals surface area contributed by atoms with Crippen molar-refractivity contribution in [1.29, 1.82) is 0 Å². The molecule has 1 unspecified atom stereocenters. The molecule has 2 aromatic rings. The smallest absolute Gasteiger partial charge is 0.228 e. The van der Waals surface area contributed by atoms with Crippen LogP contribution in [0.25, 0.3) is 0 Å². The molecular formula is C25H36N4O3. The number of aliphatic hydroxyl groups is 1. The molecule has 1 aromatic heterocycles. The molecule has 7 nitrogen and oxygen atoms in total. The highest BCUT2D eigenvalue weighted by atomic mass is 16.5. The fraction of sp³-hybridized carbons (Fsp3) is 0.520. The third-order valence-electron chi connectivity index (χ3n) is 5.38. The second kappa shape index (κ2) is 12.5. The second-order valence-electron chi connectivity index (χ2n) is 8.84. The number of nitrogens with one attached hydrogen (secondary N) is 1. The van der Waals surface area contributed by atoms with E-state index in [0.29, 0.717) is 37.8 Å². The zero-order valence-corrected chi connectivity index (χ0v) is 19.2. The highest BCUT2D eigenvalue weighted by Crippen LogP contribution is 2.17. The summed E-state index contributed by atoms with van der Waals surface area (Å²) in [6, 6.07) is 13.6. The minimum Gasteiger partial charge on any atom is -0.389 e. The van der Waals surface area contributed by atoms with Gasteiger partial charge in [-0.3, -0.25) is 9.69 Å². The highest BCUT2D eigenvalue weighted by molar-refractivity contribution is 5.92. The summed E-state index contributed by atoms with van der Waals surface area (Å²) >= 11 is 0. The largest absolute Gasteiger partial charge is 0.389 e. The number of hydrogen-bond donors (Lipinski definition) is 2. The number of anilines is 2. The van der Waals surface area contributed by atoms with Crippen molar-refractivity contribution in [3.63, 3.8) is 0 Å². The van der Waals surface area contributed by atoms with Crippen LogP contribution in [0.4, 0.5) is 11.5 Å². The normalized spacial score (nSPS) is 16.1. The van der Waals surface area contributed by atoms with E-state index in [2.05, 4.69) is 33.9 Å². The Hall–Kier alpha value is -2.48. The average molecular weight is 441 g/mol. The Morgan fingerprint density at radius 1 is 1.09 bits per heavy atom. The molecule has 174 valence electrons. The lowest BCUT2D eigenvalue weighted by molar-refractivity contribution is -0.115. The van der Waals surface area contributed by atoms with Crippen molar-refractivity contribution in [1.82, 2.24) is 9.88 Å². The molecule has 1 aliphatic rings. The molecule has 2 heterocycles. The number of β-amino-alcohol motifs (C(OH)–C–C–N with tert-alkyl or cyclic N) is 1. The summed E-state index contributed by atoms with van der Waals surface area (Å²) in [6.45, 7) is 9.51. The number of pyridine rings is 1. The molecule has 7 heteroatoms. The first kappa shape index (κ1) is 24.2. The fourth-order valence-corrected chi connectivity index (χ4v) is 3.81. The van der Waals surface area contributed by atoms with Crippen molar-refractivity contribution < 1.29 is 14.6 Å². The lowest BCUT2D eigenvalue weighted by atomic mass is 10.1. The third kappa shape index (κ3) is 8.22. The average Bonchev–Trinajstić information content (AvgIpc) is 3.00. The van der Waals surface area contributed by atoms with Crippen LogP contribution in [0.3, 0.4) is 0 Å². The van der Waals surface area contributed by atoms with Crippen molar-refractivity contribution in [2.45, 2.75) is 32.8 Å². The van der Waals surface area contributed by atoms with Crippen LogP contribution in [-0.2, 0) is 16.0 Å². The zero-order chi connectivity index (χ0) is 22.8. The van der Waals surface area contributed by atoms with E-state index in [9.17, 15) is 9.90 Å². The SMILES string of the molecule is CC(C)COCC(O)CN1CCCN(c2ccc(NC(=O)Cc3ccccc3)cn2)CC1. The Morgan fingerprint density at radius 3 is 2.62 bits per heavy atom. The van der Waals surface area contributed by atoms with Gasteiger partial charge >= 0.3 is 0 Å². The molecule has 0 saturated carbocycles. The number of carbonyl (C=O) groups is 1. The van der Waals surface area contributed by atoms with Crippen molar-refractivity contribution in [2.24, 2.45) is 5.92 Å². The summed E-state index contributed by atoms with van der Waals surface area (Å²) in [5.74, 6) is 1.34. The van der Waals surface area contributed by atoms with Crippen molar-refractivity contribution in [3.8, 4) is 0 Å². The van der Waals surface area contributed by atoms with Crippen molar-refractivity contribution >= 4 is 17.4 Å². The number of ether oxygens (including phenoxy) is 1. The number of rotatable bonds is 10. The predicted octanol–water partition coefficient (Wildman–Crippen LogP) is 2.81. The molecule has 2 N–H and O–H groups in total. The molecule has 1 saturated heterocycles. The summed E-state index contributed by atoms with van der Waals surface area (Å²) in [4.78, 5) is 21.4. The Kier molecular flexibility index (Phi) is 9.46. The maximum atomic E-state index is 12.3. The monoisotopic (exact) mass is 440 g/mol. The van der Waals surface area contributed by atoms with E-state index in [0.717, 1.165) is 44.0 Å². The van der Waals surface area contributed by atoms with Gasteiger partial charge in [-0.2, -0.15) is 0 Å². The summed E-state index contributed by atoms with van der Waals surface area (Å²) in [6.07, 6.45) is 2.61. The van der Waals surface area contributed by atoms with Crippen LogP contribution in [0.2, 0.25) is 0 Å². The quantitative estimate of drug-likeness (QED) is 0.592. The van der Waals surface area contributed by atoms with Gasteiger partial charge in [0.2, 0.25) is 5.91 Å². The molecule has 0 radical (unpaired) electrons. The van der Waals surface area contributed by atoms with Gasteiger partial charge in [0.05, 0.1) is 31.0 Å². The Bertz CT molecular complexity index is 814. The molecule has 1 aliphatic heterocycles. The molecule has 32 heavy (non-hydrogen) atoms. The number of hydrogen-bond acceptors (Lipinski definition) is 6. The first-order chi connectivity index (χ1) is 15.5. The molecule has 0 aliphatic carbocycles. The standard InChI is InChI=1S/C25H36N4O3/c1-20(2)18-32-19-23(30)17-28-11-6-12-29(14-13-28)24-10-9-22(16-26-24)27-25(31)15-21-7-4-3-5-8-21/h3-5,7-10,16,20,23,30H,6,11-15,17-19H2,1-2H3,(H,27,31). The first-order valence-electron chi connectivity index (χ1n) is 11.5. The molecule has 1 atom stereocenters. The summed E-state index contributed by atoms with van der Waals surface area (Å²) in [5, 5.41) is 13.2. The highest BCUT2D eigenvalue weighted by Gasteiger charge is 2.18. The van der Waals surface area contributed by atoms with E-state index in [1.54, 1.807) is 6.20 Å². The van der Waals surface area contributed by atoms with Crippen LogP contribution in [-0.4, -0.2) is 72.9 Å². The lowest BCUT2D eigenvalue weighted by Gasteiger charge is -2.24. The van der Waals surface area contributed by atoms with Crippen LogP contribution in [0.1, 0.15) is 25.8 Å². The Balaban J connectivity index is 1.44. The van der Waals surface area contributed by atoms with Gasteiger partial charge in [0.15, 0.2) is 0 Å². The van der Waals surface area contributed by atoms with E-state index in [1.165, 1.54) is 0 Å². The first-order valence-corrected chi connectivity index (χ1v) is 11.5. The van der Waals surface area contributed by atoms with Gasteiger partial charge < -0.3 is 20.1 Å². The second-order valence-corrected chi connectivity index (χ2v) is 8.84. The third-order valence-corrected chi connectivity index (χ3v) is 5.38. The van der Waals surface area contributed by atoms with Crippen molar-refractivity contribution in [3.05, 3.63) is 54.2 Å². The molecule has 3 rings (SSSR count). The van der Waals surface area contributed by atoms with Gasteiger partial charge in [0.1, 0.15) is 5.82 Å². The minimum atomic E-state index is -0.461. The molecule has 1 amide bonds. The topological polar surface area (TPSA) is 77.9 Å². The Morgan fingerprint density at radius 2 is 1.91 bits per heavy atom. The maximum Gasteiger partial charge on any atom is 0.228 e. The van der Waals surface area contributed by atoms with Crippen LogP contribution in [0.15, 0.2) is 48.7 Å². The van der Waals surface area contributed by atoms with Gasteiger partial charge in [-0.1, -0.05) is 44.2 Å². The van der Waals surface area contributed by atoms with Crippen LogP contribution < -0.4 is 10.2 Å². The predicted molar refractivity (Wildman–Crippen MR) is 128 cm³/mol. The van der Waals surface area contributed by atoms with Crippen molar-refractivity contribution in [2.75, 3.05) is 56.2 Å². The molecule has 1 fully saturated rings. The Labute approximate surface area is 191 Å². The van der Waals surface area contributed by atoms with Gasteiger partial charge in [0, 0.05) is 32.8 Å². The van der Waals surface area contributed by atoms with Gasteiger partial charge in [-0.25, -0.2) is 4.98 Å². The summed E-state index contributed by atoms with van der Waals surface area (Å²) in [7, 11) is 0. The van der Waals surface area contributed by atoms with Gasteiger partial charge in [0.25, 0.3) is 0 Å². The van der Waals surface area contributed by atoms with E-state index in [4.69, 9.17) is 4.74 Å². The lowest BCUT2D eigenvalue weighted by Crippen LogP contribution is -2.38. The number of amides is 1. The summed E-state index contributed by atoms with van der Waals surface area (Å²) < 4.78 is 5.56. The van der Waals surface area contributed by atoms with Gasteiger partial charge in [-0.15, -0.1) is 0 Å². The van der Waals surface area contributed by atoms with Crippen LogP contribution in [0.5, 0.6) is 0 Å². The number of aromatic nitrogens is 1. The van der Waals surface area contributed by atoms with Crippen LogP contribution >= 0.6 is 0 Å². The van der Waals surface area contributed by atoms with E-state index >= 15 is 0 Å². The molecular weight excluding hydrogens is 404 g/mol. The maximum absolute atomic E-state index is 12.3. The minimum absolute atomic E-state index is 0.0490.